The van der Waals surface area contributed by atoms with E-state index in [1.807, 2.05) is 6.92 Å². The first kappa shape index (κ1) is 10.5. The first-order valence-corrected chi connectivity index (χ1v) is 5.02. The average Bonchev–Trinajstić information content (AvgIpc) is 2.04. The molecule has 1 aliphatic carbocycles. The number of allylic oxidation sites excluding steroid dienone is 1. The molecule has 1 saturated carbocycles. The van der Waals surface area contributed by atoms with Gasteiger partial charge in [0.1, 0.15) is 5.78 Å². The highest BCUT2D eigenvalue weighted by Crippen LogP contribution is 2.25. The van der Waals surface area contributed by atoms with Crippen molar-refractivity contribution in [3.8, 4) is 0 Å². The van der Waals surface area contributed by atoms with Gasteiger partial charge in [-0.15, -0.1) is 0 Å². The SMILES string of the molecule is C=C(C)CC(=O)C1CCC(N)CC1. The lowest BCUT2D eigenvalue weighted by Crippen LogP contribution is -2.29. The molecular formula is C11H19NO. The topological polar surface area (TPSA) is 43.1 Å². The second-order valence-corrected chi connectivity index (χ2v) is 4.21. The fourth-order valence-corrected chi connectivity index (χ4v) is 1.88. The zero-order valence-corrected chi connectivity index (χ0v) is 8.38. The lowest BCUT2D eigenvalue weighted by molar-refractivity contribution is -0.123. The van der Waals surface area contributed by atoms with Gasteiger partial charge in [-0.05, 0) is 32.6 Å². The van der Waals surface area contributed by atoms with Crippen LogP contribution in [0.1, 0.15) is 39.0 Å². The molecule has 0 radical (unpaired) electrons. The Bertz CT molecular complexity index is 202. The normalized spacial score (nSPS) is 28.5. The van der Waals surface area contributed by atoms with Crippen LogP contribution in [-0.4, -0.2) is 11.8 Å². The molecule has 0 heterocycles. The van der Waals surface area contributed by atoms with E-state index in [-0.39, 0.29) is 5.92 Å². The van der Waals surface area contributed by atoms with Crippen LogP contribution in [0.3, 0.4) is 0 Å². The third-order valence-corrected chi connectivity index (χ3v) is 2.70. The van der Waals surface area contributed by atoms with Gasteiger partial charge in [0.25, 0.3) is 0 Å². The van der Waals surface area contributed by atoms with Gasteiger partial charge in [-0.2, -0.15) is 0 Å². The Morgan fingerprint density at radius 3 is 2.38 bits per heavy atom. The fourth-order valence-electron chi connectivity index (χ4n) is 1.88. The summed E-state index contributed by atoms with van der Waals surface area (Å²) in [5.41, 5.74) is 6.74. The highest BCUT2D eigenvalue weighted by molar-refractivity contribution is 5.83. The summed E-state index contributed by atoms with van der Waals surface area (Å²) in [6, 6.07) is 0.328. The van der Waals surface area contributed by atoms with Crippen LogP contribution in [0.4, 0.5) is 0 Å². The van der Waals surface area contributed by atoms with E-state index in [4.69, 9.17) is 5.73 Å². The smallest absolute Gasteiger partial charge is 0.139 e. The van der Waals surface area contributed by atoms with Crippen molar-refractivity contribution in [1.82, 2.24) is 0 Å². The monoisotopic (exact) mass is 181 g/mol. The maximum Gasteiger partial charge on any atom is 0.139 e. The molecule has 2 nitrogen and oxygen atoms in total. The summed E-state index contributed by atoms with van der Waals surface area (Å²) in [7, 11) is 0. The standard InChI is InChI=1S/C11H19NO/c1-8(2)7-11(13)9-3-5-10(12)6-4-9/h9-10H,1,3-7,12H2,2H3. The molecule has 0 unspecified atom stereocenters. The molecule has 0 bridgehead atoms. The lowest BCUT2D eigenvalue weighted by atomic mass is 9.82. The van der Waals surface area contributed by atoms with Crippen molar-refractivity contribution < 1.29 is 4.79 Å². The summed E-state index contributed by atoms with van der Waals surface area (Å²) in [5, 5.41) is 0. The summed E-state index contributed by atoms with van der Waals surface area (Å²) < 4.78 is 0. The largest absolute Gasteiger partial charge is 0.328 e. The zero-order chi connectivity index (χ0) is 9.84. The summed E-state index contributed by atoms with van der Waals surface area (Å²) in [6.07, 6.45) is 4.53. The van der Waals surface area contributed by atoms with Crippen LogP contribution in [0, 0.1) is 5.92 Å². The van der Waals surface area contributed by atoms with E-state index < -0.39 is 0 Å². The van der Waals surface area contributed by atoms with Crippen molar-refractivity contribution in [2.24, 2.45) is 11.7 Å². The molecule has 0 aliphatic heterocycles. The van der Waals surface area contributed by atoms with E-state index in [2.05, 4.69) is 6.58 Å². The Morgan fingerprint density at radius 2 is 1.92 bits per heavy atom. The van der Waals surface area contributed by atoms with Crippen LogP contribution < -0.4 is 5.73 Å². The highest BCUT2D eigenvalue weighted by Gasteiger charge is 2.23. The number of rotatable bonds is 3. The number of carbonyl (C=O) groups is 1. The number of ketones is 1. The van der Waals surface area contributed by atoms with E-state index in [0.717, 1.165) is 31.3 Å². The van der Waals surface area contributed by atoms with Crippen molar-refractivity contribution in [2.75, 3.05) is 0 Å². The molecule has 1 fully saturated rings. The molecule has 0 aromatic carbocycles. The Balaban J connectivity index is 2.36. The van der Waals surface area contributed by atoms with Gasteiger partial charge in [-0.3, -0.25) is 4.79 Å². The van der Waals surface area contributed by atoms with E-state index in [1.54, 1.807) is 0 Å². The third kappa shape index (κ3) is 3.31. The first-order chi connectivity index (χ1) is 6.09. The van der Waals surface area contributed by atoms with Crippen LogP contribution in [-0.2, 0) is 4.79 Å². The Kier molecular flexibility index (Phi) is 3.67. The molecule has 0 aromatic heterocycles. The molecule has 2 N–H and O–H groups in total. The van der Waals surface area contributed by atoms with Crippen molar-refractivity contribution in [2.45, 2.75) is 45.1 Å². The molecule has 0 aromatic rings. The molecule has 0 atom stereocenters. The Labute approximate surface area is 80.2 Å². The number of hydrogen-bond donors (Lipinski definition) is 1. The second kappa shape index (κ2) is 4.56. The second-order valence-electron chi connectivity index (χ2n) is 4.21. The minimum atomic E-state index is 0.261. The van der Waals surface area contributed by atoms with E-state index in [0.29, 0.717) is 18.2 Å². The molecule has 0 saturated heterocycles. The number of hydrogen-bond acceptors (Lipinski definition) is 2. The summed E-state index contributed by atoms with van der Waals surface area (Å²) in [4.78, 5) is 11.6. The number of Topliss-reactive ketones (excluding diaryl/α,β-unsaturated/α-hetero) is 1. The van der Waals surface area contributed by atoms with Gasteiger partial charge in [-0.1, -0.05) is 12.2 Å². The third-order valence-electron chi connectivity index (χ3n) is 2.70. The highest BCUT2D eigenvalue weighted by atomic mass is 16.1. The van der Waals surface area contributed by atoms with Crippen molar-refractivity contribution >= 4 is 5.78 Å². The predicted molar refractivity (Wildman–Crippen MR) is 54.4 cm³/mol. The minimum Gasteiger partial charge on any atom is -0.328 e. The van der Waals surface area contributed by atoms with Gasteiger partial charge in [0, 0.05) is 18.4 Å². The van der Waals surface area contributed by atoms with Crippen molar-refractivity contribution in [1.29, 1.82) is 0 Å². The minimum absolute atomic E-state index is 0.261. The molecule has 13 heavy (non-hydrogen) atoms. The average molecular weight is 181 g/mol. The van der Waals surface area contributed by atoms with Gasteiger partial charge >= 0.3 is 0 Å². The van der Waals surface area contributed by atoms with Gasteiger partial charge in [0.05, 0.1) is 0 Å². The van der Waals surface area contributed by atoms with Crippen molar-refractivity contribution in [3.05, 3.63) is 12.2 Å². The molecule has 1 aliphatic rings. The van der Waals surface area contributed by atoms with Gasteiger partial charge < -0.3 is 5.73 Å². The summed E-state index contributed by atoms with van der Waals surface area (Å²) in [5.74, 6) is 0.621. The van der Waals surface area contributed by atoms with Gasteiger partial charge in [-0.25, -0.2) is 0 Å². The van der Waals surface area contributed by atoms with Crippen LogP contribution in [0.2, 0.25) is 0 Å². The van der Waals surface area contributed by atoms with E-state index >= 15 is 0 Å². The van der Waals surface area contributed by atoms with E-state index in [1.165, 1.54) is 0 Å². The van der Waals surface area contributed by atoms with Gasteiger partial charge in [0.2, 0.25) is 0 Å². The first-order valence-electron chi connectivity index (χ1n) is 5.02. The Hall–Kier alpha value is -0.630. The lowest BCUT2D eigenvalue weighted by Gasteiger charge is -2.24. The number of nitrogens with two attached hydrogens (primary N) is 1. The van der Waals surface area contributed by atoms with Crippen LogP contribution in [0.25, 0.3) is 0 Å². The molecule has 0 spiro atoms. The predicted octanol–water partition coefficient (Wildman–Crippen LogP) is 2.04. The van der Waals surface area contributed by atoms with Crippen molar-refractivity contribution in [3.63, 3.8) is 0 Å². The molecular weight excluding hydrogens is 162 g/mol. The Morgan fingerprint density at radius 1 is 1.38 bits per heavy atom. The maximum atomic E-state index is 11.6. The summed E-state index contributed by atoms with van der Waals surface area (Å²) in [6.45, 7) is 5.67. The quantitative estimate of drug-likeness (QED) is 0.677. The number of carbonyl (C=O) groups excluding carboxylic acids is 1. The summed E-state index contributed by atoms with van der Waals surface area (Å²) >= 11 is 0. The molecule has 74 valence electrons. The van der Waals surface area contributed by atoms with Gasteiger partial charge in [0.15, 0.2) is 0 Å². The molecule has 2 heteroatoms. The van der Waals surface area contributed by atoms with Crippen LogP contribution >= 0.6 is 0 Å². The van der Waals surface area contributed by atoms with Crippen LogP contribution in [0.15, 0.2) is 12.2 Å². The molecule has 1 rings (SSSR count). The molecule has 0 amide bonds. The van der Waals surface area contributed by atoms with E-state index in [9.17, 15) is 4.79 Å². The fraction of sp³-hybridized carbons (Fsp3) is 0.727. The van der Waals surface area contributed by atoms with Crippen LogP contribution in [0.5, 0.6) is 0 Å². The zero-order valence-electron chi connectivity index (χ0n) is 8.38. The maximum absolute atomic E-state index is 11.6.